The van der Waals surface area contributed by atoms with E-state index in [1.807, 2.05) is 0 Å². The Morgan fingerprint density at radius 1 is 0.364 bits per heavy atom. The quantitative estimate of drug-likeness (QED) is 0.163. The van der Waals surface area contributed by atoms with Gasteiger partial charge in [0.05, 0.1) is 0 Å². The summed E-state index contributed by atoms with van der Waals surface area (Å²) in [5.41, 5.74) is 13.0. The molecule has 0 amide bonds. The maximum absolute atomic E-state index is 6.42. The topological polar surface area (TPSA) is 13.1 Å². The van der Waals surface area contributed by atoms with Crippen LogP contribution in [0.5, 0.6) is 0 Å². The minimum atomic E-state index is 0.356. The monoisotopic (exact) mass is 700 g/mol. The molecule has 0 radical (unpaired) electrons. The van der Waals surface area contributed by atoms with E-state index in [1.165, 1.54) is 82.4 Å². The second kappa shape index (κ2) is 12.9. The van der Waals surface area contributed by atoms with E-state index in [-0.39, 0.29) is 0 Å². The molecule has 1 aliphatic carbocycles. The van der Waals surface area contributed by atoms with Crippen molar-refractivity contribution in [3.8, 4) is 44.5 Å². The summed E-state index contributed by atoms with van der Waals surface area (Å²) in [6.45, 7) is 0. The van der Waals surface area contributed by atoms with E-state index in [0.717, 1.165) is 28.4 Å². The van der Waals surface area contributed by atoms with Crippen LogP contribution in [0.3, 0.4) is 0 Å². The predicted molar refractivity (Wildman–Crippen MR) is 234 cm³/mol. The highest BCUT2D eigenvalue weighted by Gasteiger charge is 2.19. The van der Waals surface area contributed by atoms with E-state index in [2.05, 4.69) is 200 Å². The van der Waals surface area contributed by atoms with Crippen molar-refractivity contribution in [1.82, 2.24) is 0 Å². The van der Waals surface area contributed by atoms with Gasteiger partial charge in [0.25, 0.3) is 0 Å². The first kappa shape index (κ1) is 31.6. The molecule has 258 valence electrons. The van der Waals surface area contributed by atoms with Gasteiger partial charge in [0.2, 0.25) is 0 Å². The molecule has 1 aliphatic rings. The fraction of sp³-hybridized carbons (Fsp3) is 0.0370. The molecule has 1 heteroatoms. The summed E-state index contributed by atoms with van der Waals surface area (Å²) in [5.74, 6) is 0.356. The van der Waals surface area contributed by atoms with Crippen molar-refractivity contribution in [1.29, 1.82) is 0 Å². The molecule has 55 heavy (non-hydrogen) atoms. The number of hydrogen-bond donors (Lipinski definition) is 0. The van der Waals surface area contributed by atoms with Crippen LogP contribution < -0.4 is 0 Å². The molecule has 0 spiro atoms. The standard InChI is InChI=1S/C54H36O/c1-3-14-35(15-4-1)42-29-43(36-16-5-2-6-17-36)31-44(30-42)37-20-13-21-40(28-37)53-45-22-9-11-24-47(45)54(48-25-12-10-23-46(48)53)41-26-27-51-49(33-41)50-32-38-18-7-8-19-39(38)34-52(50)55-51/h1-16,18-34,36H,17H2. The minimum absolute atomic E-state index is 0.356. The predicted octanol–water partition coefficient (Wildman–Crippen LogP) is 15.3. The molecule has 0 fully saturated rings. The third-order valence-corrected chi connectivity index (χ3v) is 11.5. The van der Waals surface area contributed by atoms with Gasteiger partial charge in [-0.15, -0.1) is 0 Å². The Morgan fingerprint density at radius 2 is 0.927 bits per heavy atom. The Morgan fingerprint density at radius 3 is 1.62 bits per heavy atom. The van der Waals surface area contributed by atoms with Crippen molar-refractivity contribution < 1.29 is 4.42 Å². The van der Waals surface area contributed by atoms with Gasteiger partial charge in [-0.1, -0.05) is 164 Å². The molecule has 11 rings (SSSR count). The number of furan rings is 1. The molecular formula is C54H36O. The van der Waals surface area contributed by atoms with Gasteiger partial charge in [-0.2, -0.15) is 0 Å². The SMILES string of the molecule is C1=CCC(c2cc(-c3ccccc3)cc(-c3cccc(-c4c5ccccc5c(-c5ccc6oc7cc8ccccc8cc7c6c5)c5ccccc45)c3)c2)C=C1. The van der Waals surface area contributed by atoms with Crippen LogP contribution in [0, 0.1) is 0 Å². The van der Waals surface area contributed by atoms with Gasteiger partial charge in [0.1, 0.15) is 11.2 Å². The van der Waals surface area contributed by atoms with Crippen molar-refractivity contribution >= 4 is 54.3 Å². The molecule has 0 saturated heterocycles. The lowest BCUT2D eigenvalue weighted by Crippen LogP contribution is -1.98. The van der Waals surface area contributed by atoms with Gasteiger partial charge >= 0.3 is 0 Å². The lowest BCUT2D eigenvalue weighted by molar-refractivity contribution is 0.669. The number of benzene rings is 9. The van der Waals surface area contributed by atoms with Crippen molar-refractivity contribution in [2.45, 2.75) is 12.3 Å². The summed E-state index contributed by atoms with van der Waals surface area (Å²) in [5, 5.41) is 9.66. The second-order valence-electron chi connectivity index (χ2n) is 14.8. The normalized spacial score (nSPS) is 14.1. The highest BCUT2D eigenvalue weighted by Crippen LogP contribution is 2.46. The van der Waals surface area contributed by atoms with Crippen LogP contribution in [-0.4, -0.2) is 0 Å². The van der Waals surface area contributed by atoms with Gasteiger partial charge in [-0.3, -0.25) is 0 Å². The van der Waals surface area contributed by atoms with Crippen LogP contribution in [0.4, 0.5) is 0 Å². The van der Waals surface area contributed by atoms with Gasteiger partial charge in [-0.05, 0) is 125 Å². The van der Waals surface area contributed by atoms with Crippen LogP contribution in [-0.2, 0) is 0 Å². The zero-order valence-electron chi connectivity index (χ0n) is 30.2. The number of rotatable bonds is 5. The Balaban J connectivity index is 1.10. The Labute approximate surface area is 320 Å². The summed E-state index contributed by atoms with van der Waals surface area (Å²) in [7, 11) is 0. The highest BCUT2D eigenvalue weighted by atomic mass is 16.3. The molecule has 10 aromatic rings. The van der Waals surface area contributed by atoms with Crippen LogP contribution >= 0.6 is 0 Å². The Bertz CT molecular complexity index is 3120. The summed E-state index contributed by atoms with van der Waals surface area (Å²) in [6, 6.07) is 64.6. The van der Waals surface area contributed by atoms with E-state index in [0.29, 0.717) is 5.92 Å². The fourth-order valence-electron chi connectivity index (χ4n) is 8.88. The first-order chi connectivity index (χ1) is 27.2. The molecule has 9 aromatic carbocycles. The van der Waals surface area contributed by atoms with Gasteiger partial charge < -0.3 is 4.42 Å². The van der Waals surface area contributed by atoms with Crippen molar-refractivity contribution in [2.24, 2.45) is 0 Å². The highest BCUT2D eigenvalue weighted by molar-refractivity contribution is 6.22. The molecule has 1 unspecified atom stereocenters. The average Bonchev–Trinajstić information content (AvgIpc) is 3.61. The largest absolute Gasteiger partial charge is 0.456 e. The molecular weight excluding hydrogens is 665 g/mol. The molecule has 1 atom stereocenters. The van der Waals surface area contributed by atoms with Crippen LogP contribution in [0.2, 0.25) is 0 Å². The summed E-state index contributed by atoms with van der Waals surface area (Å²) < 4.78 is 6.42. The molecule has 0 saturated carbocycles. The molecule has 1 aromatic heterocycles. The van der Waals surface area contributed by atoms with Crippen LogP contribution in [0.1, 0.15) is 17.9 Å². The fourth-order valence-corrected chi connectivity index (χ4v) is 8.88. The number of hydrogen-bond acceptors (Lipinski definition) is 1. The minimum Gasteiger partial charge on any atom is -0.456 e. The van der Waals surface area contributed by atoms with E-state index in [9.17, 15) is 0 Å². The second-order valence-corrected chi connectivity index (χ2v) is 14.8. The van der Waals surface area contributed by atoms with Crippen LogP contribution in [0.25, 0.3) is 98.8 Å². The van der Waals surface area contributed by atoms with Gasteiger partial charge in [-0.25, -0.2) is 0 Å². The Kier molecular flexibility index (Phi) is 7.38. The third-order valence-electron chi connectivity index (χ3n) is 11.5. The zero-order valence-corrected chi connectivity index (χ0v) is 30.2. The summed E-state index contributed by atoms with van der Waals surface area (Å²) in [4.78, 5) is 0. The molecule has 0 aliphatic heterocycles. The van der Waals surface area contributed by atoms with E-state index in [1.54, 1.807) is 0 Å². The first-order valence-electron chi connectivity index (χ1n) is 19.2. The average molecular weight is 701 g/mol. The number of allylic oxidation sites excluding steroid dienone is 4. The van der Waals surface area contributed by atoms with Gasteiger partial charge in [0, 0.05) is 16.7 Å². The van der Waals surface area contributed by atoms with E-state index >= 15 is 0 Å². The van der Waals surface area contributed by atoms with Crippen molar-refractivity contribution in [2.75, 3.05) is 0 Å². The molecule has 1 nitrogen and oxygen atoms in total. The molecule has 0 N–H and O–H groups in total. The first-order valence-corrected chi connectivity index (χ1v) is 19.2. The van der Waals surface area contributed by atoms with Crippen molar-refractivity contribution in [3.05, 3.63) is 206 Å². The lowest BCUT2D eigenvalue weighted by Gasteiger charge is -2.19. The van der Waals surface area contributed by atoms with Crippen molar-refractivity contribution in [3.63, 3.8) is 0 Å². The maximum atomic E-state index is 6.42. The molecule has 0 bridgehead atoms. The smallest absolute Gasteiger partial charge is 0.136 e. The Hall–Kier alpha value is -6.96. The van der Waals surface area contributed by atoms with E-state index < -0.39 is 0 Å². The van der Waals surface area contributed by atoms with Crippen LogP contribution in [0.15, 0.2) is 205 Å². The summed E-state index contributed by atoms with van der Waals surface area (Å²) >= 11 is 0. The molecule has 1 heterocycles. The maximum Gasteiger partial charge on any atom is 0.136 e. The van der Waals surface area contributed by atoms with E-state index in [4.69, 9.17) is 4.42 Å². The lowest BCUT2D eigenvalue weighted by atomic mass is 9.84. The third kappa shape index (κ3) is 5.39. The zero-order chi connectivity index (χ0) is 36.3. The van der Waals surface area contributed by atoms with Gasteiger partial charge in [0.15, 0.2) is 0 Å². The number of fused-ring (bicyclic) bond motifs is 6. The summed E-state index contributed by atoms with van der Waals surface area (Å²) in [6.07, 6.45) is 9.96.